The van der Waals surface area contributed by atoms with Crippen molar-refractivity contribution in [3.8, 4) is 5.69 Å². The highest BCUT2D eigenvalue weighted by Gasteiger charge is 2.02. The van der Waals surface area contributed by atoms with Gasteiger partial charge in [0.25, 0.3) is 0 Å². The molecule has 72 valence electrons. The summed E-state index contributed by atoms with van der Waals surface area (Å²) in [5, 5.41) is 4.38. The number of hydrogen-bond donors (Lipinski definition) is 0. The van der Waals surface area contributed by atoms with Crippen molar-refractivity contribution >= 4 is 15.9 Å². The topological polar surface area (TPSA) is 17.8 Å². The van der Waals surface area contributed by atoms with E-state index in [1.165, 1.54) is 5.56 Å². The summed E-state index contributed by atoms with van der Waals surface area (Å²) in [7, 11) is 0. The first-order chi connectivity index (χ1) is 6.66. The van der Waals surface area contributed by atoms with Gasteiger partial charge < -0.3 is 0 Å². The Balaban J connectivity index is 2.44. The summed E-state index contributed by atoms with van der Waals surface area (Å²) in [6, 6.07) is 8.29. The first kappa shape index (κ1) is 9.46. The maximum Gasteiger partial charge on any atom is 0.0740 e. The summed E-state index contributed by atoms with van der Waals surface area (Å²) < 4.78 is 2.91. The second-order valence-electron chi connectivity index (χ2n) is 3.34. The van der Waals surface area contributed by atoms with Gasteiger partial charge in [-0.3, -0.25) is 0 Å². The van der Waals surface area contributed by atoms with Gasteiger partial charge in [0, 0.05) is 6.20 Å². The molecule has 2 nitrogen and oxygen atoms in total. The highest BCUT2D eigenvalue weighted by molar-refractivity contribution is 9.10. The summed E-state index contributed by atoms with van der Waals surface area (Å²) in [6.07, 6.45) is 1.97. The molecule has 1 aromatic carbocycles. The zero-order valence-corrected chi connectivity index (χ0v) is 9.75. The third kappa shape index (κ3) is 1.73. The van der Waals surface area contributed by atoms with Crippen molar-refractivity contribution in [2.75, 3.05) is 0 Å². The van der Waals surface area contributed by atoms with E-state index in [1.54, 1.807) is 0 Å². The van der Waals surface area contributed by atoms with Crippen LogP contribution in [-0.4, -0.2) is 9.78 Å². The number of hydrogen-bond acceptors (Lipinski definition) is 1. The Morgan fingerprint density at radius 2 is 1.79 bits per heavy atom. The fourth-order valence-corrected chi connectivity index (χ4v) is 1.54. The lowest BCUT2D eigenvalue weighted by molar-refractivity contribution is 0.862. The molecular formula is C11H11BrN2. The zero-order valence-electron chi connectivity index (χ0n) is 8.16. The fourth-order valence-electron chi connectivity index (χ4n) is 1.27. The second-order valence-corrected chi connectivity index (χ2v) is 4.20. The molecule has 0 aliphatic heterocycles. The van der Waals surface area contributed by atoms with Gasteiger partial charge >= 0.3 is 0 Å². The Hall–Kier alpha value is -1.09. The van der Waals surface area contributed by atoms with E-state index in [0.29, 0.717) is 0 Å². The van der Waals surface area contributed by atoms with E-state index in [9.17, 15) is 0 Å². The first-order valence-electron chi connectivity index (χ1n) is 4.45. The quantitative estimate of drug-likeness (QED) is 0.760. The summed E-state index contributed by atoms with van der Waals surface area (Å²) in [6.45, 7) is 4.06. The predicted octanol–water partition coefficient (Wildman–Crippen LogP) is 3.25. The molecule has 0 bridgehead atoms. The van der Waals surface area contributed by atoms with E-state index >= 15 is 0 Å². The van der Waals surface area contributed by atoms with Gasteiger partial charge in [-0.2, -0.15) is 5.10 Å². The number of halogens is 1. The maximum absolute atomic E-state index is 4.38. The molecule has 14 heavy (non-hydrogen) atoms. The van der Waals surface area contributed by atoms with E-state index in [-0.39, 0.29) is 0 Å². The van der Waals surface area contributed by atoms with Crippen LogP contribution in [0.25, 0.3) is 5.69 Å². The van der Waals surface area contributed by atoms with Crippen LogP contribution in [0.5, 0.6) is 0 Å². The molecule has 0 atom stereocenters. The number of aryl methyl sites for hydroxylation is 2. The van der Waals surface area contributed by atoms with Crippen molar-refractivity contribution in [3.63, 3.8) is 0 Å². The van der Waals surface area contributed by atoms with Gasteiger partial charge in [0.1, 0.15) is 0 Å². The molecule has 0 amide bonds. The van der Waals surface area contributed by atoms with Crippen molar-refractivity contribution < 1.29 is 0 Å². The Kier molecular flexibility index (Phi) is 2.42. The molecule has 0 unspecified atom stereocenters. The molecule has 0 saturated heterocycles. The number of nitrogens with zero attached hydrogens (tertiary/aromatic N) is 2. The largest absolute Gasteiger partial charge is 0.240 e. The van der Waals surface area contributed by atoms with Gasteiger partial charge in [-0.15, -0.1) is 0 Å². The summed E-state index contributed by atoms with van der Waals surface area (Å²) in [5.41, 5.74) is 3.35. The molecule has 2 aromatic rings. The van der Waals surface area contributed by atoms with Crippen molar-refractivity contribution in [3.05, 3.63) is 46.2 Å². The van der Waals surface area contributed by atoms with Gasteiger partial charge in [-0.05, 0) is 41.9 Å². The van der Waals surface area contributed by atoms with Crippen LogP contribution < -0.4 is 0 Å². The normalized spacial score (nSPS) is 10.5. The molecule has 0 aliphatic rings. The van der Waals surface area contributed by atoms with E-state index in [1.807, 2.05) is 17.8 Å². The molecule has 2 rings (SSSR count). The third-order valence-corrected chi connectivity index (χ3v) is 2.92. The molecule has 1 heterocycles. The lowest BCUT2D eigenvalue weighted by atomic mass is 10.2. The smallest absolute Gasteiger partial charge is 0.0740 e. The monoisotopic (exact) mass is 250 g/mol. The summed E-state index contributed by atoms with van der Waals surface area (Å²) in [5.74, 6) is 0. The molecule has 3 heteroatoms. The van der Waals surface area contributed by atoms with Gasteiger partial charge in [0.2, 0.25) is 0 Å². The Labute approximate surface area is 91.7 Å². The minimum absolute atomic E-state index is 1.01. The van der Waals surface area contributed by atoms with Crippen LogP contribution in [0.15, 0.2) is 34.9 Å². The van der Waals surface area contributed by atoms with E-state index in [4.69, 9.17) is 0 Å². The van der Waals surface area contributed by atoms with Crippen LogP contribution in [0.3, 0.4) is 0 Å². The Bertz CT molecular complexity index is 423. The summed E-state index contributed by atoms with van der Waals surface area (Å²) in [4.78, 5) is 0. The van der Waals surface area contributed by atoms with E-state index in [2.05, 4.69) is 52.2 Å². The van der Waals surface area contributed by atoms with Crippen molar-refractivity contribution in [1.82, 2.24) is 9.78 Å². The summed E-state index contributed by atoms with van der Waals surface area (Å²) >= 11 is 3.44. The van der Waals surface area contributed by atoms with Crippen molar-refractivity contribution in [2.24, 2.45) is 0 Å². The SMILES string of the molecule is Cc1ccc(-n2cc(Br)c(C)n2)cc1. The first-order valence-corrected chi connectivity index (χ1v) is 5.25. The molecule has 0 saturated carbocycles. The van der Waals surface area contributed by atoms with Gasteiger partial charge in [-0.1, -0.05) is 17.7 Å². The number of aromatic nitrogens is 2. The average molecular weight is 251 g/mol. The van der Waals surface area contributed by atoms with Crippen LogP contribution in [0.4, 0.5) is 0 Å². The molecule has 1 aromatic heterocycles. The van der Waals surface area contributed by atoms with Crippen molar-refractivity contribution in [1.29, 1.82) is 0 Å². The van der Waals surface area contributed by atoms with Gasteiger partial charge in [0.15, 0.2) is 0 Å². The minimum atomic E-state index is 1.01. The fraction of sp³-hybridized carbons (Fsp3) is 0.182. The highest BCUT2D eigenvalue weighted by atomic mass is 79.9. The van der Waals surface area contributed by atoms with Crippen LogP contribution in [0.1, 0.15) is 11.3 Å². The number of benzene rings is 1. The maximum atomic E-state index is 4.38. The lowest BCUT2D eigenvalue weighted by Gasteiger charge is -2.00. The Morgan fingerprint density at radius 3 is 2.29 bits per heavy atom. The van der Waals surface area contributed by atoms with Crippen LogP contribution in [0.2, 0.25) is 0 Å². The van der Waals surface area contributed by atoms with Crippen molar-refractivity contribution in [2.45, 2.75) is 13.8 Å². The molecule has 0 fully saturated rings. The third-order valence-electron chi connectivity index (χ3n) is 2.14. The lowest BCUT2D eigenvalue weighted by Crippen LogP contribution is -1.94. The molecule has 0 spiro atoms. The second kappa shape index (κ2) is 3.58. The molecule has 0 radical (unpaired) electrons. The van der Waals surface area contributed by atoms with Gasteiger partial charge in [0.05, 0.1) is 15.9 Å². The zero-order chi connectivity index (χ0) is 10.1. The van der Waals surface area contributed by atoms with E-state index in [0.717, 1.165) is 15.9 Å². The Morgan fingerprint density at radius 1 is 1.14 bits per heavy atom. The van der Waals surface area contributed by atoms with Crippen LogP contribution in [-0.2, 0) is 0 Å². The highest BCUT2D eigenvalue weighted by Crippen LogP contribution is 2.17. The van der Waals surface area contributed by atoms with Crippen LogP contribution in [0, 0.1) is 13.8 Å². The molecule has 0 aliphatic carbocycles. The number of rotatable bonds is 1. The average Bonchev–Trinajstić information content (AvgIpc) is 2.48. The van der Waals surface area contributed by atoms with Crippen LogP contribution >= 0.6 is 15.9 Å². The standard InChI is InChI=1S/C11H11BrN2/c1-8-3-5-10(6-4-8)14-7-11(12)9(2)13-14/h3-7H,1-2H3. The predicted molar refractivity (Wildman–Crippen MR) is 60.7 cm³/mol. The van der Waals surface area contributed by atoms with Gasteiger partial charge in [-0.25, -0.2) is 4.68 Å². The molecule has 0 N–H and O–H groups in total. The molecular weight excluding hydrogens is 240 g/mol. The minimum Gasteiger partial charge on any atom is -0.240 e. The van der Waals surface area contributed by atoms with E-state index < -0.39 is 0 Å².